The van der Waals surface area contributed by atoms with Crippen molar-refractivity contribution in [3.63, 3.8) is 0 Å². The number of carbonyl (C=O) groups is 2. The van der Waals surface area contributed by atoms with Crippen LogP contribution in [0.5, 0.6) is 0 Å². The van der Waals surface area contributed by atoms with Crippen LogP contribution in [0.1, 0.15) is 27.7 Å². The molecule has 0 spiro atoms. The second-order valence-electron chi connectivity index (χ2n) is 5.31. The maximum absolute atomic E-state index is 11.7. The molecule has 2 atom stereocenters. The van der Waals surface area contributed by atoms with Crippen LogP contribution >= 0.6 is 0 Å². The predicted molar refractivity (Wildman–Crippen MR) is 57.5 cm³/mol. The second kappa shape index (κ2) is 4.05. The molecule has 1 saturated heterocycles. The van der Waals surface area contributed by atoms with Gasteiger partial charge in [-0.15, -0.1) is 0 Å². The summed E-state index contributed by atoms with van der Waals surface area (Å²) in [5.74, 6) is -0.452. The molecule has 1 amide bonds. The molecule has 0 aromatic rings. The first-order chi connectivity index (χ1) is 7.27. The highest BCUT2D eigenvalue weighted by molar-refractivity contribution is 5.83. The molecule has 0 aromatic heterocycles. The molecule has 1 fully saturated rings. The molecule has 5 nitrogen and oxygen atoms in total. The number of ether oxygens (including phenoxy) is 2. The SMILES string of the molecule is COC(=O)[C@]1(C)CO[C@H](C(C)(C)C)N1C=O. The molecule has 0 aliphatic carbocycles. The first-order valence-electron chi connectivity index (χ1n) is 5.21. The summed E-state index contributed by atoms with van der Waals surface area (Å²) >= 11 is 0. The second-order valence-corrected chi connectivity index (χ2v) is 5.31. The minimum absolute atomic E-state index is 0.167. The Labute approximate surface area is 95.7 Å². The molecule has 1 aliphatic heterocycles. The van der Waals surface area contributed by atoms with E-state index in [-0.39, 0.29) is 12.0 Å². The van der Waals surface area contributed by atoms with Crippen molar-refractivity contribution in [1.82, 2.24) is 4.90 Å². The van der Waals surface area contributed by atoms with E-state index < -0.39 is 17.7 Å². The van der Waals surface area contributed by atoms with Crippen molar-refractivity contribution in [3.05, 3.63) is 0 Å². The van der Waals surface area contributed by atoms with Gasteiger partial charge >= 0.3 is 5.97 Å². The van der Waals surface area contributed by atoms with Crippen LogP contribution in [0.3, 0.4) is 0 Å². The molecule has 92 valence electrons. The van der Waals surface area contributed by atoms with Gasteiger partial charge in [-0.05, 0) is 6.92 Å². The number of rotatable bonds is 2. The molecule has 0 N–H and O–H groups in total. The van der Waals surface area contributed by atoms with E-state index in [1.54, 1.807) is 6.92 Å². The Morgan fingerprint density at radius 3 is 2.50 bits per heavy atom. The fraction of sp³-hybridized carbons (Fsp3) is 0.818. The van der Waals surface area contributed by atoms with E-state index in [4.69, 9.17) is 9.47 Å². The van der Waals surface area contributed by atoms with Gasteiger partial charge in [-0.1, -0.05) is 20.8 Å². The standard InChI is InChI=1S/C11H19NO4/c1-10(2,3)8-12(7-13)11(4,6-16-8)9(14)15-5/h7-8H,6H2,1-5H3/t8-,11+/m1/s1. The molecular formula is C11H19NO4. The quantitative estimate of drug-likeness (QED) is 0.518. The fourth-order valence-electron chi connectivity index (χ4n) is 1.88. The number of hydrogen-bond donors (Lipinski definition) is 0. The van der Waals surface area contributed by atoms with E-state index >= 15 is 0 Å². The van der Waals surface area contributed by atoms with Gasteiger partial charge in [-0.3, -0.25) is 4.79 Å². The summed E-state index contributed by atoms with van der Waals surface area (Å²) in [5.41, 5.74) is -1.26. The van der Waals surface area contributed by atoms with Crippen molar-refractivity contribution in [2.75, 3.05) is 13.7 Å². The summed E-state index contributed by atoms with van der Waals surface area (Å²) in [6.45, 7) is 7.69. The average Bonchev–Trinajstić information content (AvgIpc) is 2.54. The van der Waals surface area contributed by atoms with Gasteiger partial charge < -0.3 is 14.4 Å². The third-order valence-electron chi connectivity index (χ3n) is 2.82. The van der Waals surface area contributed by atoms with Crippen molar-refractivity contribution in [2.45, 2.75) is 39.5 Å². The zero-order valence-electron chi connectivity index (χ0n) is 10.4. The van der Waals surface area contributed by atoms with E-state index in [2.05, 4.69) is 0 Å². The number of methoxy groups -OCH3 is 1. The first kappa shape index (κ1) is 13.0. The van der Waals surface area contributed by atoms with Gasteiger partial charge in [-0.25, -0.2) is 4.79 Å². The van der Waals surface area contributed by atoms with Gasteiger partial charge in [-0.2, -0.15) is 0 Å². The van der Waals surface area contributed by atoms with E-state index in [1.807, 2.05) is 20.8 Å². The Morgan fingerprint density at radius 1 is 1.56 bits per heavy atom. The van der Waals surface area contributed by atoms with Crippen LogP contribution in [0.4, 0.5) is 0 Å². The van der Waals surface area contributed by atoms with Gasteiger partial charge in [0.25, 0.3) is 0 Å². The lowest BCUT2D eigenvalue weighted by atomic mass is 9.92. The van der Waals surface area contributed by atoms with Crippen LogP contribution < -0.4 is 0 Å². The Kier molecular flexibility index (Phi) is 3.28. The summed E-state index contributed by atoms with van der Waals surface area (Å²) in [5, 5.41) is 0. The van der Waals surface area contributed by atoms with Gasteiger partial charge in [0.05, 0.1) is 13.7 Å². The van der Waals surface area contributed by atoms with Crippen LogP contribution in [0.15, 0.2) is 0 Å². The average molecular weight is 229 g/mol. The molecule has 1 heterocycles. The van der Waals surface area contributed by atoms with E-state index in [1.165, 1.54) is 12.0 Å². The normalized spacial score (nSPS) is 30.3. The van der Waals surface area contributed by atoms with Crippen molar-refractivity contribution in [2.24, 2.45) is 5.41 Å². The van der Waals surface area contributed by atoms with Gasteiger partial charge in [0.2, 0.25) is 6.41 Å². The van der Waals surface area contributed by atoms with Crippen LogP contribution in [-0.4, -0.2) is 42.8 Å². The van der Waals surface area contributed by atoms with Crippen molar-refractivity contribution < 1.29 is 19.1 Å². The predicted octanol–water partition coefficient (Wildman–Crippen LogP) is 0.779. The Hall–Kier alpha value is -1.10. The molecule has 1 rings (SSSR count). The number of amides is 1. The summed E-state index contributed by atoms with van der Waals surface area (Å²) in [6, 6.07) is 0. The van der Waals surface area contributed by atoms with Crippen molar-refractivity contribution in [1.29, 1.82) is 0 Å². The molecule has 0 aromatic carbocycles. The monoisotopic (exact) mass is 229 g/mol. The smallest absolute Gasteiger partial charge is 0.334 e. The third kappa shape index (κ3) is 1.91. The topological polar surface area (TPSA) is 55.8 Å². The van der Waals surface area contributed by atoms with E-state index in [0.717, 1.165) is 0 Å². The maximum atomic E-state index is 11.7. The molecule has 0 radical (unpaired) electrons. The number of esters is 1. The summed E-state index contributed by atoms with van der Waals surface area (Å²) in [4.78, 5) is 24.2. The highest BCUT2D eigenvalue weighted by Crippen LogP contribution is 2.36. The minimum atomic E-state index is -1.02. The number of carbonyl (C=O) groups excluding carboxylic acids is 2. The van der Waals surface area contributed by atoms with Gasteiger partial charge in [0.1, 0.15) is 6.23 Å². The maximum Gasteiger partial charge on any atom is 0.334 e. The van der Waals surface area contributed by atoms with Crippen LogP contribution in [0.25, 0.3) is 0 Å². The largest absolute Gasteiger partial charge is 0.467 e. The first-order valence-corrected chi connectivity index (χ1v) is 5.21. The third-order valence-corrected chi connectivity index (χ3v) is 2.82. The molecular weight excluding hydrogens is 210 g/mol. The zero-order chi connectivity index (χ0) is 12.6. The fourth-order valence-corrected chi connectivity index (χ4v) is 1.88. The minimum Gasteiger partial charge on any atom is -0.467 e. The zero-order valence-corrected chi connectivity index (χ0v) is 10.4. The highest BCUT2D eigenvalue weighted by atomic mass is 16.5. The molecule has 0 bridgehead atoms. The summed E-state index contributed by atoms with van der Waals surface area (Å²) in [7, 11) is 1.31. The van der Waals surface area contributed by atoms with Crippen LogP contribution in [0.2, 0.25) is 0 Å². The van der Waals surface area contributed by atoms with Crippen molar-refractivity contribution in [3.8, 4) is 0 Å². The Morgan fingerprint density at radius 2 is 2.12 bits per heavy atom. The summed E-state index contributed by atoms with van der Waals surface area (Å²) in [6.07, 6.45) is 0.244. The molecule has 5 heteroatoms. The van der Waals surface area contributed by atoms with Gasteiger partial charge in [0.15, 0.2) is 5.54 Å². The van der Waals surface area contributed by atoms with E-state index in [0.29, 0.717) is 6.41 Å². The molecule has 0 saturated carbocycles. The Balaban J connectivity index is 3.02. The molecule has 16 heavy (non-hydrogen) atoms. The summed E-state index contributed by atoms with van der Waals surface area (Å²) < 4.78 is 10.3. The van der Waals surface area contributed by atoms with E-state index in [9.17, 15) is 9.59 Å². The van der Waals surface area contributed by atoms with Gasteiger partial charge in [0, 0.05) is 5.41 Å². The lowest BCUT2D eigenvalue weighted by molar-refractivity contribution is -0.157. The number of nitrogens with zero attached hydrogens (tertiary/aromatic N) is 1. The Bertz CT molecular complexity index is 297. The van der Waals surface area contributed by atoms with Crippen molar-refractivity contribution >= 4 is 12.4 Å². The molecule has 1 aliphatic rings. The number of hydrogen-bond acceptors (Lipinski definition) is 4. The lowest BCUT2D eigenvalue weighted by Crippen LogP contribution is -2.54. The van der Waals surface area contributed by atoms with Crippen LogP contribution in [0, 0.1) is 5.41 Å². The molecule has 0 unspecified atom stereocenters. The lowest BCUT2D eigenvalue weighted by Gasteiger charge is -2.36. The van der Waals surface area contributed by atoms with Crippen LogP contribution in [-0.2, 0) is 19.1 Å². The highest BCUT2D eigenvalue weighted by Gasteiger charge is 2.53.